The lowest BCUT2D eigenvalue weighted by Gasteiger charge is -2.15. The molecule has 0 amide bonds. The highest BCUT2D eigenvalue weighted by molar-refractivity contribution is 7.11. The largest absolute Gasteiger partial charge is 0.494 e. The van der Waals surface area contributed by atoms with Crippen LogP contribution in [0.15, 0.2) is 42.5 Å². The number of hydrogen-bond donors (Lipinski definition) is 1. The smallest absolute Gasteiger partial charge is 0.119 e. The maximum absolute atomic E-state index is 5.77. The zero-order chi connectivity index (χ0) is 14.2. The van der Waals surface area contributed by atoms with Crippen LogP contribution in [0, 0.1) is 0 Å². The molecule has 108 valence electrons. The Hall–Kier alpha value is -1.32. The average molecular weight is 289 g/mol. The molecule has 2 nitrogen and oxygen atoms in total. The van der Waals surface area contributed by atoms with Gasteiger partial charge in [0.15, 0.2) is 0 Å². The number of para-hydroxylation sites is 1. The summed E-state index contributed by atoms with van der Waals surface area (Å²) in [6.07, 6.45) is 3.23. The van der Waals surface area contributed by atoms with E-state index < -0.39 is 0 Å². The number of rotatable bonds is 8. The summed E-state index contributed by atoms with van der Waals surface area (Å²) in [5.41, 5.74) is 0. The van der Waals surface area contributed by atoms with Crippen LogP contribution in [0.5, 0.6) is 5.75 Å². The predicted octanol–water partition coefficient (Wildman–Crippen LogP) is 3.91. The van der Waals surface area contributed by atoms with Gasteiger partial charge in [0.1, 0.15) is 5.75 Å². The molecule has 0 aliphatic heterocycles. The van der Waals surface area contributed by atoms with E-state index in [-0.39, 0.29) is 0 Å². The van der Waals surface area contributed by atoms with E-state index in [9.17, 15) is 0 Å². The van der Waals surface area contributed by atoms with Crippen LogP contribution in [-0.4, -0.2) is 19.7 Å². The topological polar surface area (TPSA) is 21.3 Å². The third-order valence-corrected chi connectivity index (χ3v) is 4.65. The fourth-order valence-electron chi connectivity index (χ4n) is 2.15. The molecule has 2 rings (SSSR count). The molecule has 2 aromatic rings. The van der Waals surface area contributed by atoms with E-state index in [1.54, 1.807) is 0 Å². The second kappa shape index (κ2) is 8.08. The van der Waals surface area contributed by atoms with Crippen molar-refractivity contribution in [2.45, 2.75) is 32.2 Å². The van der Waals surface area contributed by atoms with Gasteiger partial charge in [-0.2, -0.15) is 0 Å². The number of hydrogen-bond acceptors (Lipinski definition) is 3. The predicted molar refractivity (Wildman–Crippen MR) is 86.8 cm³/mol. The molecular formula is C17H23NOS. The summed E-state index contributed by atoms with van der Waals surface area (Å²) < 4.78 is 5.77. The second-order valence-electron chi connectivity index (χ2n) is 4.86. The van der Waals surface area contributed by atoms with Gasteiger partial charge in [-0.3, -0.25) is 0 Å². The van der Waals surface area contributed by atoms with Crippen LogP contribution in [0.25, 0.3) is 0 Å². The third-order valence-electron chi connectivity index (χ3n) is 3.40. The fourth-order valence-corrected chi connectivity index (χ4v) is 3.19. The molecule has 1 aromatic carbocycles. The molecule has 0 fully saturated rings. The quantitative estimate of drug-likeness (QED) is 0.795. The summed E-state index contributed by atoms with van der Waals surface area (Å²) in [6.45, 7) is 2.96. The van der Waals surface area contributed by atoms with Gasteiger partial charge in [0.2, 0.25) is 0 Å². The maximum atomic E-state index is 5.77. The summed E-state index contributed by atoms with van der Waals surface area (Å²) in [7, 11) is 2.03. The monoisotopic (exact) mass is 289 g/mol. The molecule has 0 aliphatic carbocycles. The second-order valence-corrected chi connectivity index (χ2v) is 6.11. The number of benzene rings is 1. The van der Waals surface area contributed by atoms with Crippen LogP contribution < -0.4 is 10.1 Å². The van der Waals surface area contributed by atoms with Crippen LogP contribution in [0.2, 0.25) is 0 Å². The van der Waals surface area contributed by atoms with Crippen molar-refractivity contribution < 1.29 is 4.74 Å². The summed E-state index contributed by atoms with van der Waals surface area (Å²) in [5, 5.41) is 3.39. The molecule has 3 heteroatoms. The van der Waals surface area contributed by atoms with Crippen LogP contribution in [0.1, 0.15) is 23.1 Å². The Balaban J connectivity index is 1.77. The van der Waals surface area contributed by atoms with E-state index in [0.29, 0.717) is 6.04 Å². The van der Waals surface area contributed by atoms with Crippen molar-refractivity contribution in [3.63, 3.8) is 0 Å². The zero-order valence-electron chi connectivity index (χ0n) is 12.3. The van der Waals surface area contributed by atoms with E-state index in [4.69, 9.17) is 4.74 Å². The van der Waals surface area contributed by atoms with Crippen LogP contribution in [0.4, 0.5) is 0 Å². The Morgan fingerprint density at radius 2 is 1.85 bits per heavy atom. The van der Waals surface area contributed by atoms with Gasteiger partial charge in [-0.1, -0.05) is 25.1 Å². The van der Waals surface area contributed by atoms with Crippen molar-refractivity contribution in [3.05, 3.63) is 52.2 Å². The lowest BCUT2D eigenvalue weighted by atomic mass is 10.1. The molecule has 1 heterocycles. The first kappa shape index (κ1) is 15.1. The average Bonchev–Trinajstić information content (AvgIpc) is 2.95. The van der Waals surface area contributed by atoms with E-state index >= 15 is 0 Å². The van der Waals surface area contributed by atoms with Crippen LogP contribution >= 0.6 is 11.3 Å². The van der Waals surface area contributed by atoms with E-state index in [1.165, 1.54) is 9.75 Å². The van der Waals surface area contributed by atoms with Crippen molar-refractivity contribution in [2.75, 3.05) is 13.7 Å². The zero-order valence-corrected chi connectivity index (χ0v) is 13.1. The van der Waals surface area contributed by atoms with Gasteiger partial charge in [-0.15, -0.1) is 11.3 Å². The van der Waals surface area contributed by atoms with Gasteiger partial charge < -0.3 is 10.1 Å². The summed E-state index contributed by atoms with van der Waals surface area (Å²) >= 11 is 1.93. The Labute approximate surface area is 125 Å². The molecule has 1 atom stereocenters. The molecule has 1 N–H and O–H groups in total. The first-order chi connectivity index (χ1) is 9.81. The van der Waals surface area contributed by atoms with Crippen molar-refractivity contribution in [1.29, 1.82) is 0 Å². The minimum absolute atomic E-state index is 0.474. The molecule has 0 bridgehead atoms. The summed E-state index contributed by atoms with van der Waals surface area (Å²) in [6, 6.07) is 15.0. The lowest BCUT2D eigenvalue weighted by Crippen LogP contribution is -2.29. The molecular weight excluding hydrogens is 266 g/mol. The normalized spacial score (nSPS) is 12.3. The van der Waals surface area contributed by atoms with Crippen LogP contribution in [0.3, 0.4) is 0 Å². The molecule has 0 saturated heterocycles. The number of aryl methyl sites for hydroxylation is 1. The minimum Gasteiger partial charge on any atom is -0.494 e. The highest BCUT2D eigenvalue weighted by Gasteiger charge is 2.09. The highest BCUT2D eigenvalue weighted by atomic mass is 32.1. The van der Waals surface area contributed by atoms with Crippen molar-refractivity contribution in [1.82, 2.24) is 5.32 Å². The van der Waals surface area contributed by atoms with Gasteiger partial charge >= 0.3 is 0 Å². The van der Waals surface area contributed by atoms with E-state index in [2.05, 4.69) is 24.4 Å². The first-order valence-electron chi connectivity index (χ1n) is 7.24. The molecule has 0 radical (unpaired) electrons. The maximum Gasteiger partial charge on any atom is 0.119 e. The van der Waals surface area contributed by atoms with Gasteiger partial charge in [-0.05, 0) is 50.6 Å². The fraction of sp³-hybridized carbons (Fsp3) is 0.412. The van der Waals surface area contributed by atoms with E-state index in [1.807, 2.05) is 48.7 Å². The van der Waals surface area contributed by atoms with Gasteiger partial charge in [-0.25, -0.2) is 0 Å². The number of thiophene rings is 1. The van der Waals surface area contributed by atoms with Crippen molar-refractivity contribution in [2.24, 2.45) is 0 Å². The van der Waals surface area contributed by atoms with Crippen molar-refractivity contribution >= 4 is 11.3 Å². The molecule has 1 unspecified atom stereocenters. The third kappa shape index (κ3) is 4.66. The Morgan fingerprint density at radius 3 is 2.50 bits per heavy atom. The molecule has 20 heavy (non-hydrogen) atoms. The SMILES string of the molecule is CCc1ccc(CC(CCOc2ccccc2)NC)s1. The van der Waals surface area contributed by atoms with Gasteiger partial charge in [0.25, 0.3) is 0 Å². The number of ether oxygens (including phenoxy) is 1. The van der Waals surface area contributed by atoms with E-state index in [0.717, 1.165) is 31.6 Å². The number of likely N-dealkylation sites (N-methyl/N-ethyl adjacent to an activating group) is 1. The molecule has 0 spiro atoms. The summed E-state index contributed by atoms with van der Waals surface area (Å²) in [4.78, 5) is 2.93. The highest BCUT2D eigenvalue weighted by Crippen LogP contribution is 2.19. The Bertz CT molecular complexity index is 495. The molecule has 0 aliphatic rings. The summed E-state index contributed by atoms with van der Waals surface area (Å²) in [5.74, 6) is 0.951. The standard InChI is InChI=1S/C17H23NOS/c1-3-16-9-10-17(20-16)13-14(18-2)11-12-19-15-7-5-4-6-8-15/h4-10,14,18H,3,11-13H2,1-2H3. The number of nitrogens with one attached hydrogen (secondary N) is 1. The molecule has 0 saturated carbocycles. The van der Waals surface area contributed by atoms with Crippen molar-refractivity contribution in [3.8, 4) is 5.75 Å². The Morgan fingerprint density at radius 1 is 1.10 bits per heavy atom. The lowest BCUT2D eigenvalue weighted by molar-refractivity contribution is 0.288. The van der Waals surface area contributed by atoms with Gasteiger partial charge in [0.05, 0.1) is 6.61 Å². The van der Waals surface area contributed by atoms with Crippen LogP contribution in [-0.2, 0) is 12.8 Å². The Kier molecular flexibility index (Phi) is 6.09. The molecule has 1 aromatic heterocycles. The first-order valence-corrected chi connectivity index (χ1v) is 8.06. The minimum atomic E-state index is 0.474. The van der Waals surface area contributed by atoms with Gasteiger partial charge in [0, 0.05) is 15.8 Å².